The van der Waals surface area contributed by atoms with Crippen molar-refractivity contribution in [1.29, 1.82) is 0 Å². The minimum atomic E-state index is -0.745. The zero-order valence-electron chi connectivity index (χ0n) is 5.61. The molecular formula is C5H10O5. The van der Waals surface area contributed by atoms with Gasteiger partial charge < -0.3 is 15.0 Å². The normalized spacial score (nSPS) is 5.30. The lowest BCUT2D eigenvalue weighted by Gasteiger charge is -1.71. The van der Waals surface area contributed by atoms with Crippen molar-refractivity contribution >= 4 is 19.2 Å². The molecule has 0 heterocycles. The fraction of sp³-hybridized carbons (Fsp3) is 0.400. The van der Waals surface area contributed by atoms with Gasteiger partial charge in [-0.1, -0.05) is 6.92 Å². The molecule has 0 amide bonds. The second-order valence-electron chi connectivity index (χ2n) is 0.853. The molecule has 0 aromatic carbocycles. The second-order valence-corrected chi connectivity index (χ2v) is 0.853. The Morgan fingerprint density at radius 3 is 1.70 bits per heavy atom. The van der Waals surface area contributed by atoms with Crippen LogP contribution in [0.4, 0.5) is 0 Å². The van der Waals surface area contributed by atoms with E-state index in [2.05, 4.69) is 0 Å². The SMILES string of the molecule is C=O.CCC(=O)O.O=CO. The largest absolute Gasteiger partial charge is 0.483 e. The van der Waals surface area contributed by atoms with E-state index in [4.69, 9.17) is 19.8 Å². The van der Waals surface area contributed by atoms with E-state index >= 15 is 0 Å². The van der Waals surface area contributed by atoms with Crippen molar-refractivity contribution in [3.8, 4) is 0 Å². The molecule has 5 heteroatoms. The quantitative estimate of drug-likeness (QED) is 0.513. The molecule has 0 saturated heterocycles. The van der Waals surface area contributed by atoms with E-state index in [-0.39, 0.29) is 12.9 Å². The zero-order chi connectivity index (χ0) is 8.99. The lowest BCUT2D eigenvalue weighted by molar-refractivity contribution is -0.136. The van der Waals surface area contributed by atoms with Crippen LogP contribution in [-0.4, -0.2) is 29.4 Å². The van der Waals surface area contributed by atoms with E-state index in [1.165, 1.54) is 0 Å². The van der Waals surface area contributed by atoms with Crippen molar-refractivity contribution in [3.05, 3.63) is 0 Å². The van der Waals surface area contributed by atoms with E-state index in [1.807, 2.05) is 6.79 Å². The smallest absolute Gasteiger partial charge is 0.303 e. The Balaban J connectivity index is -0.0000000847. The summed E-state index contributed by atoms with van der Waals surface area (Å²) in [7, 11) is 0. The average Bonchev–Trinajstić information content (AvgIpc) is 1.94. The first-order valence-electron chi connectivity index (χ1n) is 2.27. The monoisotopic (exact) mass is 150 g/mol. The number of rotatable bonds is 1. The number of hydrogen-bond donors (Lipinski definition) is 2. The van der Waals surface area contributed by atoms with Crippen LogP contribution in [0.2, 0.25) is 0 Å². The maximum absolute atomic E-state index is 9.37. The van der Waals surface area contributed by atoms with Gasteiger partial charge in [0.05, 0.1) is 0 Å². The molecule has 0 unspecified atom stereocenters. The summed E-state index contributed by atoms with van der Waals surface area (Å²) in [6.07, 6.45) is 0.222. The molecule has 0 rings (SSSR count). The van der Waals surface area contributed by atoms with Gasteiger partial charge in [0.15, 0.2) is 0 Å². The van der Waals surface area contributed by atoms with Gasteiger partial charge in [0.1, 0.15) is 6.79 Å². The molecule has 0 aromatic rings. The lowest BCUT2D eigenvalue weighted by atomic mass is 10.5. The lowest BCUT2D eigenvalue weighted by Crippen LogP contribution is -1.86. The van der Waals surface area contributed by atoms with Crippen molar-refractivity contribution in [2.45, 2.75) is 13.3 Å². The van der Waals surface area contributed by atoms with E-state index in [0.29, 0.717) is 0 Å². The van der Waals surface area contributed by atoms with Crippen molar-refractivity contribution < 1.29 is 24.6 Å². The van der Waals surface area contributed by atoms with Crippen molar-refractivity contribution in [2.24, 2.45) is 0 Å². The van der Waals surface area contributed by atoms with Gasteiger partial charge in [0, 0.05) is 6.42 Å². The van der Waals surface area contributed by atoms with Gasteiger partial charge in [-0.25, -0.2) is 0 Å². The summed E-state index contributed by atoms with van der Waals surface area (Å²) in [6.45, 7) is 3.35. The number of carbonyl (C=O) groups is 3. The third kappa shape index (κ3) is 559. The van der Waals surface area contributed by atoms with Gasteiger partial charge in [-0.3, -0.25) is 9.59 Å². The molecule has 0 spiro atoms. The Morgan fingerprint density at radius 1 is 1.60 bits per heavy atom. The third-order valence-electron chi connectivity index (χ3n) is 0.302. The fourth-order valence-electron chi connectivity index (χ4n) is 0. The van der Waals surface area contributed by atoms with Crippen LogP contribution in [0, 0.1) is 0 Å². The third-order valence-corrected chi connectivity index (χ3v) is 0.302. The molecule has 0 fully saturated rings. The first-order valence-corrected chi connectivity index (χ1v) is 2.27. The van der Waals surface area contributed by atoms with Gasteiger partial charge in [0.25, 0.3) is 6.47 Å². The standard InChI is InChI=1S/C3H6O2.CH2O2.CH2O/c1-2-3(4)5;2-1-3;1-2/h2H2,1H3,(H,4,5);1H,(H,2,3);1H2. The summed E-state index contributed by atoms with van der Waals surface area (Å²) in [5.41, 5.74) is 0. The number of aliphatic carboxylic acids is 1. The van der Waals surface area contributed by atoms with Crippen LogP contribution in [-0.2, 0) is 14.4 Å². The van der Waals surface area contributed by atoms with Gasteiger partial charge >= 0.3 is 5.97 Å². The highest BCUT2D eigenvalue weighted by atomic mass is 16.4. The molecule has 10 heavy (non-hydrogen) atoms. The Morgan fingerprint density at radius 2 is 1.70 bits per heavy atom. The van der Waals surface area contributed by atoms with E-state index < -0.39 is 5.97 Å². The molecule has 60 valence electrons. The maximum Gasteiger partial charge on any atom is 0.303 e. The van der Waals surface area contributed by atoms with Crippen LogP contribution in [0.3, 0.4) is 0 Å². The Hall–Kier alpha value is -1.39. The van der Waals surface area contributed by atoms with Crippen molar-refractivity contribution in [3.63, 3.8) is 0 Å². The maximum atomic E-state index is 9.37. The molecular weight excluding hydrogens is 140 g/mol. The molecule has 0 bridgehead atoms. The molecule has 0 radical (unpaired) electrons. The molecule has 0 aliphatic carbocycles. The van der Waals surface area contributed by atoms with E-state index in [9.17, 15) is 4.79 Å². The van der Waals surface area contributed by atoms with E-state index in [1.54, 1.807) is 6.92 Å². The molecule has 0 aliphatic heterocycles. The Bertz CT molecular complexity index is 80.1. The van der Waals surface area contributed by atoms with Gasteiger partial charge in [0.2, 0.25) is 0 Å². The van der Waals surface area contributed by atoms with Crippen LogP contribution >= 0.6 is 0 Å². The highest BCUT2D eigenvalue weighted by molar-refractivity contribution is 5.66. The zero-order valence-corrected chi connectivity index (χ0v) is 5.61. The minimum absolute atomic E-state index is 0.222. The van der Waals surface area contributed by atoms with Crippen LogP contribution in [0.5, 0.6) is 0 Å². The molecule has 0 aliphatic rings. The van der Waals surface area contributed by atoms with Crippen LogP contribution < -0.4 is 0 Å². The van der Waals surface area contributed by atoms with Crippen LogP contribution in [0.25, 0.3) is 0 Å². The minimum Gasteiger partial charge on any atom is -0.483 e. The summed E-state index contributed by atoms with van der Waals surface area (Å²) in [4.78, 5) is 25.7. The van der Waals surface area contributed by atoms with Crippen LogP contribution in [0.1, 0.15) is 13.3 Å². The highest BCUT2D eigenvalue weighted by Gasteiger charge is 1.80. The predicted octanol–water partition coefficient (Wildman–Crippen LogP) is -0.00310. The Labute approximate surface area is 58.3 Å². The van der Waals surface area contributed by atoms with Gasteiger partial charge in [-0.05, 0) is 0 Å². The van der Waals surface area contributed by atoms with Gasteiger partial charge in [-0.2, -0.15) is 0 Å². The van der Waals surface area contributed by atoms with Crippen LogP contribution in [0.15, 0.2) is 0 Å². The highest BCUT2D eigenvalue weighted by Crippen LogP contribution is 1.67. The van der Waals surface area contributed by atoms with Crippen molar-refractivity contribution in [2.75, 3.05) is 0 Å². The summed E-state index contributed by atoms with van der Waals surface area (Å²) in [5.74, 6) is -0.745. The first kappa shape index (κ1) is 15.8. The average molecular weight is 150 g/mol. The van der Waals surface area contributed by atoms with E-state index in [0.717, 1.165) is 0 Å². The molecule has 0 saturated carbocycles. The summed E-state index contributed by atoms with van der Waals surface area (Å²) in [5, 5.41) is 14.6. The summed E-state index contributed by atoms with van der Waals surface area (Å²) >= 11 is 0. The fourth-order valence-corrected chi connectivity index (χ4v) is 0. The predicted molar refractivity (Wildman–Crippen MR) is 33.7 cm³/mol. The molecule has 0 aromatic heterocycles. The molecule has 5 nitrogen and oxygen atoms in total. The number of carboxylic acid groups (broad SMARTS) is 2. The first-order chi connectivity index (χ1) is 4.68. The molecule has 0 atom stereocenters. The second kappa shape index (κ2) is 25.5. The Kier molecular flexibility index (Phi) is 40.4. The van der Waals surface area contributed by atoms with Crippen molar-refractivity contribution in [1.82, 2.24) is 0 Å². The summed E-state index contributed by atoms with van der Waals surface area (Å²) in [6, 6.07) is 0. The number of carboxylic acids is 1. The number of carbonyl (C=O) groups excluding carboxylic acids is 1. The summed E-state index contributed by atoms with van der Waals surface area (Å²) < 4.78 is 0. The van der Waals surface area contributed by atoms with Gasteiger partial charge in [-0.15, -0.1) is 0 Å². The number of hydrogen-bond acceptors (Lipinski definition) is 3. The molecule has 2 N–H and O–H groups in total. The topological polar surface area (TPSA) is 91.7 Å².